The lowest BCUT2D eigenvalue weighted by atomic mass is 9.96. The molecule has 0 fully saturated rings. The van der Waals surface area contributed by atoms with E-state index in [-0.39, 0.29) is 11.9 Å². The van der Waals surface area contributed by atoms with E-state index in [0.717, 1.165) is 34.4 Å². The molecule has 0 bridgehead atoms. The number of benzene rings is 1. The number of hydrogen-bond donors (Lipinski definition) is 1. The monoisotopic (exact) mass is 247 g/mol. The molecule has 18 heavy (non-hydrogen) atoms. The van der Waals surface area contributed by atoms with E-state index in [1.807, 2.05) is 26.8 Å². The summed E-state index contributed by atoms with van der Waals surface area (Å²) in [7, 11) is 0. The zero-order valence-electron chi connectivity index (χ0n) is 11.7. The highest BCUT2D eigenvalue weighted by atomic mass is 19.1. The van der Waals surface area contributed by atoms with E-state index < -0.39 is 0 Å². The van der Waals surface area contributed by atoms with E-state index in [1.54, 1.807) is 6.07 Å². The van der Waals surface area contributed by atoms with Gasteiger partial charge in [-0.1, -0.05) is 24.8 Å². The highest BCUT2D eigenvalue weighted by Gasteiger charge is 2.10. The van der Waals surface area contributed by atoms with Crippen molar-refractivity contribution in [1.82, 2.24) is 5.32 Å². The van der Waals surface area contributed by atoms with Gasteiger partial charge in [0.2, 0.25) is 0 Å². The van der Waals surface area contributed by atoms with E-state index in [9.17, 15) is 4.39 Å². The van der Waals surface area contributed by atoms with Crippen molar-refractivity contribution >= 4 is 5.57 Å². The van der Waals surface area contributed by atoms with Crippen LogP contribution in [-0.4, -0.2) is 6.04 Å². The predicted octanol–water partition coefficient (Wildman–Crippen LogP) is 4.22. The van der Waals surface area contributed by atoms with Gasteiger partial charge in [0.25, 0.3) is 0 Å². The first-order valence-corrected chi connectivity index (χ1v) is 6.18. The fourth-order valence-electron chi connectivity index (χ4n) is 2.00. The Morgan fingerprint density at radius 2 is 1.94 bits per heavy atom. The van der Waals surface area contributed by atoms with Gasteiger partial charge in [-0.2, -0.15) is 0 Å². The molecule has 1 nitrogen and oxygen atoms in total. The fourth-order valence-corrected chi connectivity index (χ4v) is 2.00. The number of rotatable bonds is 5. The van der Waals surface area contributed by atoms with Crippen molar-refractivity contribution in [2.24, 2.45) is 0 Å². The largest absolute Gasteiger partial charge is 0.386 e. The molecule has 1 unspecified atom stereocenters. The number of hydrogen-bond acceptors (Lipinski definition) is 1. The number of halogens is 1. The molecule has 1 atom stereocenters. The average Bonchev–Trinajstić information content (AvgIpc) is 2.22. The van der Waals surface area contributed by atoms with E-state index in [0.29, 0.717) is 0 Å². The third-order valence-electron chi connectivity index (χ3n) is 2.96. The molecule has 1 rings (SSSR count). The molecule has 1 aromatic carbocycles. The third kappa shape index (κ3) is 3.73. The molecule has 0 heterocycles. The van der Waals surface area contributed by atoms with Crippen molar-refractivity contribution in [3.05, 3.63) is 53.5 Å². The molecular formula is C16H22FN. The Kier molecular flexibility index (Phi) is 4.71. The first-order valence-electron chi connectivity index (χ1n) is 6.18. The molecule has 2 heteroatoms. The van der Waals surface area contributed by atoms with Crippen molar-refractivity contribution in [3.63, 3.8) is 0 Å². The van der Waals surface area contributed by atoms with Gasteiger partial charge in [0.05, 0.1) is 0 Å². The van der Waals surface area contributed by atoms with Crippen molar-refractivity contribution in [3.8, 4) is 0 Å². The van der Waals surface area contributed by atoms with Gasteiger partial charge in [-0.25, -0.2) is 4.39 Å². The quantitative estimate of drug-likeness (QED) is 0.821. The second kappa shape index (κ2) is 5.85. The van der Waals surface area contributed by atoms with Crippen molar-refractivity contribution in [1.29, 1.82) is 0 Å². The summed E-state index contributed by atoms with van der Waals surface area (Å²) in [5.41, 5.74) is 4.42. The van der Waals surface area contributed by atoms with E-state index in [4.69, 9.17) is 0 Å². The molecule has 0 aromatic heterocycles. The highest BCUT2D eigenvalue weighted by molar-refractivity contribution is 5.62. The number of allylic oxidation sites excluding steroid dienone is 2. The Morgan fingerprint density at radius 3 is 2.44 bits per heavy atom. The topological polar surface area (TPSA) is 12.0 Å². The second-order valence-corrected chi connectivity index (χ2v) is 5.05. The molecule has 1 aromatic rings. The van der Waals surface area contributed by atoms with E-state index >= 15 is 0 Å². The molecule has 0 amide bonds. The third-order valence-corrected chi connectivity index (χ3v) is 2.96. The Labute approximate surface area is 109 Å². The normalized spacial score (nSPS) is 12.1. The average molecular weight is 247 g/mol. The van der Waals surface area contributed by atoms with Crippen LogP contribution in [0.25, 0.3) is 5.57 Å². The van der Waals surface area contributed by atoms with E-state index in [2.05, 4.69) is 25.4 Å². The smallest absolute Gasteiger partial charge is 0.126 e. The summed E-state index contributed by atoms with van der Waals surface area (Å²) in [5, 5.41) is 3.25. The summed E-state index contributed by atoms with van der Waals surface area (Å²) in [6, 6.07) is 3.82. The van der Waals surface area contributed by atoms with Crippen LogP contribution in [0.2, 0.25) is 0 Å². The Bertz CT molecular complexity index is 474. The molecule has 0 aliphatic carbocycles. The molecule has 0 radical (unpaired) electrons. The van der Waals surface area contributed by atoms with Gasteiger partial charge in [0.15, 0.2) is 0 Å². The van der Waals surface area contributed by atoms with Crippen LogP contribution in [0.4, 0.5) is 4.39 Å². The van der Waals surface area contributed by atoms with Crippen molar-refractivity contribution in [2.75, 3.05) is 0 Å². The molecule has 0 saturated carbocycles. The zero-order chi connectivity index (χ0) is 13.9. The Morgan fingerprint density at radius 1 is 1.33 bits per heavy atom. The fraction of sp³-hybridized carbons (Fsp3) is 0.375. The van der Waals surface area contributed by atoms with Crippen LogP contribution in [0.3, 0.4) is 0 Å². The summed E-state index contributed by atoms with van der Waals surface area (Å²) >= 11 is 0. The van der Waals surface area contributed by atoms with Crippen molar-refractivity contribution in [2.45, 2.75) is 40.2 Å². The van der Waals surface area contributed by atoms with Crippen LogP contribution in [0.15, 0.2) is 31.0 Å². The summed E-state index contributed by atoms with van der Waals surface area (Å²) in [6.45, 7) is 15.4. The SMILES string of the molecule is C=C(C)NC(C)Cc1cc(C(=C)C)cc(F)c1C. The van der Waals surface area contributed by atoms with E-state index in [1.165, 1.54) is 0 Å². The molecule has 1 N–H and O–H groups in total. The highest BCUT2D eigenvalue weighted by Crippen LogP contribution is 2.21. The van der Waals surface area contributed by atoms with Crippen LogP contribution in [-0.2, 0) is 6.42 Å². The predicted molar refractivity (Wildman–Crippen MR) is 77.0 cm³/mol. The first kappa shape index (κ1) is 14.5. The summed E-state index contributed by atoms with van der Waals surface area (Å²) in [4.78, 5) is 0. The minimum absolute atomic E-state index is 0.159. The van der Waals surface area contributed by atoms with Crippen LogP contribution < -0.4 is 5.32 Å². The van der Waals surface area contributed by atoms with Gasteiger partial charge in [0.1, 0.15) is 5.82 Å². The molecule has 0 saturated heterocycles. The maximum atomic E-state index is 13.8. The minimum Gasteiger partial charge on any atom is -0.386 e. The molecular weight excluding hydrogens is 225 g/mol. The summed E-state index contributed by atoms with van der Waals surface area (Å²) in [5.74, 6) is -0.159. The van der Waals surface area contributed by atoms with Crippen molar-refractivity contribution < 1.29 is 4.39 Å². The maximum absolute atomic E-state index is 13.8. The second-order valence-electron chi connectivity index (χ2n) is 5.05. The van der Waals surface area contributed by atoms with Crippen LogP contribution >= 0.6 is 0 Å². The van der Waals surface area contributed by atoms with Crippen LogP contribution in [0.5, 0.6) is 0 Å². The van der Waals surface area contributed by atoms with Gasteiger partial charge in [-0.15, -0.1) is 0 Å². The van der Waals surface area contributed by atoms with Crippen LogP contribution in [0, 0.1) is 12.7 Å². The van der Waals surface area contributed by atoms with Gasteiger partial charge in [-0.3, -0.25) is 0 Å². The maximum Gasteiger partial charge on any atom is 0.126 e. The van der Waals surface area contributed by atoms with Gasteiger partial charge < -0.3 is 5.32 Å². The zero-order valence-corrected chi connectivity index (χ0v) is 11.7. The summed E-state index contributed by atoms with van der Waals surface area (Å²) < 4.78 is 13.8. The minimum atomic E-state index is -0.159. The Hall–Kier alpha value is -1.57. The van der Waals surface area contributed by atoms with Gasteiger partial charge in [-0.05, 0) is 56.9 Å². The van der Waals surface area contributed by atoms with Gasteiger partial charge >= 0.3 is 0 Å². The lowest BCUT2D eigenvalue weighted by Crippen LogP contribution is -2.26. The standard InChI is InChI=1S/C16H22FN/c1-10(2)14-8-15(13(6)16(17)9-14)7-12(5)18-11(3)4/h8-9,12,18H,1,3,7H2,2,4-6H3. The first-order chi connectivity index (χ1) is 8.31. The lowest BCUT2D eigenvalue weighted by Gasteiger charge is -2.17. The molecule has 0 aliphatic rings. The molecule has 98 valence electrons. The number of nitrogens with one attached hydrogen (secondary N) is 1. The Balaban J connectivity index is 3.00. The van der Waals surface area contributed by atoms with Crippen LogP contribution in [0.1, 0.15) is 37.5 Å². The van der Waals surface area contributed by atoms with Gasteiger partial charge in [0, 0.05) is 11.7 Å². The lowest BCUT2D eigenvalue weighted by molar-refractivity contribution is 0.592. The molecule has 0 aliphatic heterocycles. The molecule has 0 spiro atoms. The summed E-state index contributed by atoms with van der Waals surface area (Å²) in [6.07, 6.45) is 0.775.